The smallest absolute Gasteiger partial charge is 0.406 e. The van der Waals surface area contributed by atoms with Crippen molar-refractivity contribution in [3.8, 4) is 0 Å². The summed E-state index contributed by atoms with van der Waals surface area (Å²) in [7, 11) is -0.442. The lowest BCUT2D eigenvalue weighted by Crippen LogP contribution is -2.43. The molecule has 1 heterocycles. The van der Waals surface area contributed by atoms with Gasteiger partial charge in [-0.05, 0) is 17.6 Å². The van der Waals surface area contributed by atoms with Gasteiger partial charge in [0.15, 0.2) is 0 Å². The van der Waals surface area contributed by atoms with Gasteiger partial charge in [0.1, 0.15) is 5.82 Å². The van der Waals surface area contributed by atoms with Crippen molar-refractivity contribution in [2.75, 3.05) is 26.3 Å². The molecule has 0 radical (unpaired) electrons. The molecule has 0 spiro atoms. The van der Waals surface area contributed by atoms with Crippen LogP contribution in [-0.4, -0.2) is 33.4 Å². The molecular weight excluding hydrogens is 196 g/mol. The van der Waals surface area contributed by atoms with Gasteiger partial charge in [0, 0.05) is 26.3 Å². The van der Waals surface area contributed by atoms with Crippen LogP contribution in [0.1, 0.15) is 0 Å². The maximum Gasteiger partial charge on any atom is 0.494 e. The largest absolute Gasteiger partial charge is 0.494 e. The van der Waals surface area contributed by atoms with E-state index >= 15 is 0 Å². The van der Waals surface area contributed by atoms with Crippen LogP contribution in [0.25, 0.3) is 0 Å². The summed E-state index contributed by atoms with van der Waals surface area (Å²) in [6, 6.07) is 6.32. The Bertz CT molecular complexity index is 316. The van der Waals surface area contributed by atoms with Crippen molar-refractivity contribution < 1.29 is 13.7 Å². The summed E-state index contributed by atoms with van der Waals surface area (Å²) < 4.78 is 23.9. The van der Waals surface area contributed by atoms with E-state index in [1.165, 1.54) is 12.1 Å². The van der Waals surface area contributed by atoms with E-state index in [9.17, 15) is 4.39 Å². The maximum absolute atomic E-state index is 13.0. The molecule has 1 aromatic rings. The zero-order chi connectivity index (χ0) is 10.5. The molecule has 1 aliphatic heterocycles. The van der Waals surface area contributed by atoms with Crippen molar-refractivity contribution >= 4 is 12.6 Å². The van der Waals surface area contributed by atoms with Gasteiger partial charge in [0.05, 0.1) is 0 Å². The van der Waals surface area contributed by atoms with Crippen molar-refractivity contribution in [3.05, 3.63) is 30.1 Å². The molecule has 0 aromatic heterocycles. The summed E-state index contributed by atoms with van der Waals surface area (Å²) in [5.74, 6) is -0.264. The summed E-state index contributed by atoms with van der Waals surface area (Å²) in [5.41, 5.74) is 0.733. The quantitative estimate of drug-likeness (QED) is 0.668. The lowest BCUT2D eigenvalue weighted by molar-refractivity contribution is 0.187. The molecule has 0 saturated carbocycles. The van der Waals surface area contributed by atoms with Gasteiger partial charge in [-0.25, -0.2) is 4.39 Å². The number of nitrogens with one attached hydrogen (secondary N) is 1. The highest BCUT2D eigenvalue weighted by molar-refractivity contribution is 6.61. The molecule has 2 rings (SSSR count). The molecule has 1 aliphatic rings. The van der Waals surface area contributed by atoms with Crippen LogP contribution >= 0.6 is 0 Å². The average molecular weight is 209 g/mol. The number of hydrogen-bond donors (Lipinski definition) is 1. The van der Waals surface area contributed by atoms with Gasteiger partial charge in [0.25, 0.3) is 0 Å². The molecule has 5 heteroatoms. The van der Waals surface area contributed by atoms with Gasteiger partial charge in [-0.3, -0.25) is 0 Å². The molecule has 0 amide bonds. The average Bonchev–Trinajstić information content (AvgIpc) is 2.16. The van der Waals surface area contributed by atoms with E-state index in [1.807, 2.05) is 6.07 Å². The van der Waals surface area contributed by atoms with E-state index < -0.39 is 7.12 Å². The van der Waals surface area contributed by atoms with E-state index in [1.54, 1.807) is 6.07 Å². The Morgan fingerprint density at radius 3 is 2.60 bits per heavy atom. The van der Waals surface area contributed by atoms with Crippen LogP contribution in [0.3, 0.4) is 0 Å². The normalized spacial score (nSPS) is 18.3. The third-order valence-corrected chi connectivity index (χ3v) is 2.22. The molecule has 80 valence electrons. The molecular formula is C10H13BFNO2. The highest BCUT2D eigenvalue weighted by Gasteiger charge is 2.22. The summed E-state index contributed by atoms with van der Waals surface area (Å²) in [4.78, 5) is 0. The van der Waals surface area contributed by atoms with Crippen LogP contribution in [0.2, 0.25) is 0 Å². The standard InChI is InChI=1S/C10H13BFNO2/c12-10-3-1-2-9(8-10)11-14-6-4-13-5-7-15-11/h1-3,8,13H,4-7H2. The van der Waals surface area contributed by atoms with Crippen LogP contribution in [0.15, 0.2) is 24.3 Å². The SMILES string of the molecule is Fc1cccc(B2OCCNCCO2)c1. The summed E-state index contributed by atoms with van der Waals surface area (Å²) in [5, 5.41) is 3.15. The van der Waals surface area contributed by atoms with Crippen LogP contribution in [0.5, 0.6) is 0 Å². The van der Waals surface area contributed by atoms with Crippen LogP contribution < -0.4 is 10.8 Å². The molecule has 0 atom stereocenters. The van der Waals surface area contributed by atoms with Gasteiger partial charge in [-0.15, -0.1) is 0 Å². The Kier molecular flexibility index (Phi) is 3.72. The molecule has 1 N–H and O–H groups in total. The third kappa shape index (κ3) is 3.02. The Morgan fingerprint density at radius 2 is 1.93 bits per heavy atom. The lowest BCUT2D eigenvalue weighted by Gasteiger charge is -2.18. The van der Waals surface area contributed by atoms with E-state index in [-0.39, 0.29) is 5.82 Å². The Balaban J connectivity index is 2.06. The lowest BCUT2D eigenvalue weighted by atomic mass is 9.78. The molecule has 0 bridgehead atoms. The molecule has 0 aliphatic carbocycles. The minimum atomic E-state index is -0.442. The van der Waals surface area contributed by atoms with Crippen molar-refractivity contribution in [2.24, 2.45) is 0 Å². The fourth-order valence-corrected chi connectivity index (χ4v) is 1.50. The van der Waals surface area contributed by atoms with Gasteiger partial charge < -0.3 is 14.6 Å². The number of hydrogen-bond acceptors (Lipinski definition) is 3. The first kappa shape index (κ1) is 10.6. The summed E-state index contributed by atoms with van der Waals surface area (Å²) in [6.45, 7) is 2.74. The van der Waals surface area contributed by atoms with Gasteiger partial charge >= 0.3 is 7.12 Å². The van der Waals surface area contributed by atoms with Crippen molar-refractivity contribution in [3.63, 3.8) is 0 Å². The second-order valence-corrected chi connectivity index (χ2v) is 3.38. The second-order valence-electron chi connectivity index (χ2n) is 3.38. The predicted octanol–water partition coefficient (Wildman–Crippen LogP) is 0.157. The fraction of sp³-hybridized carbons (Fsp3) is 0.400. The first-order valence-electron chi connectivity index (χ1n) is 5.05. The highest BCUT2D eigenvalue weighted by Crippen LogP contribution is 1.98. The molecule has 1 fully saturated rings. The zero-order valence-corrected chi connectivity index (χ0v) is 8.41. The number of benzene rings is 1. The van der Waals surface area contributed by atoms with Gasteiger partial charge in [0.2, 0.25) is 0 Å². The topological polar surface area (TPSA) is 30.5 Å². The van der Waals surface area contributed by atoms with E-state index in [2.05, 4.69) is 5.32 Å². The van der Waals surface area contributed by atoms with Crippen LogP contribution in [0, 0.1) is 5.82 Å². The molecule has 15 heavy (non-hydrogen) atoms. The third-order valence-electron chi connectivity index (χ3n) is 2.22. The van der Waals surface area contributed by atoms with Crippen molar-refractivity contribution in [1.29, 1.82) is 0 Å². The zero-order valence-electron chi connectivity index (χ0n) is 8.41. The first-order valence-corrected chi connectivity index (χ1v) is 5.05. The number of rotatable bonds is 1. The van der Waals surface area contributed by atoms with Crippen LogP contribution in [0.4, 0.5) is 4.39 Å². The number of halogens is 1. The monoisotopic (exact) mass is 209 g/mol. The van der Waals surface area contributed by atoms with Crippen molar-refractivity contribution in [2.45, 2.75) is 0 Å². The first-order chi connectivity index (χ1) is 7.36. The summed E-state index contributed by atoms with van der Waals surface area (Å²) in [6.07, 6.45) is 0. The molecule has 0 unspecified atom stereocenters. The minimum Gasteiger partial charge on any atom is -0.406 e. The van der Waals surface area contributed by atoms with E-state index in [0.29, 0.717) is 13.2 Å². The molecule has 1 aromatic carbocycles. The second kappa shape index (κ2) is 5.25. The van der Waals surface area contributed by atoms with E-state index in [4.69, 9.17) is 9.31 Å². The van der Waals surface area contributed by atoms with Crippen molar-refractivity contribution in [1.82, 2.24) is 5.32 Å². The van der Waals surface area contributed by atoms with Gasteiger partial charge in [-0.2, -0.15) is 0 Å². The Hall–Kier alpha value is -0.905. The predicted molar refractivity (Wildman–Crippen MR) is 56.6 cm³/mol. The Morgan fingerprint density at radius 1 is 1.20 bits per heavy atom. The molecule has 3 nitrogen and oxygen atoms in total. The summed E-state index contributed by atoms with van der Waals surface area (Å²) >= 11 is 0. The fourth-order valence-electron chi connectivity index (χ4n) is 1.50. The highest BCUT2D eigenvalue weighted by atomic mass is 19.1. The van der Waals surface area contributed by atoms with Crippen LogP contribution in [-0.2, 0) is 9.31 Å². The van der Waals surface area contributed by atoms with Gasteiger partial charge in [-0.1, -0.05) is 12.1 Å². The van der Waals surface area contributed by atoms with E-state index in [0.717, 1.165) is 18.6 Å². The maximum atomic E-state index is 13.0. The Labute approximate surface area is 88.7 Å². The molecule has 1 saturated heterocycles. The minimum absolute atomic E-state index is 0.264.